The second-order valence-electron chi connectivity index (χ2n) is 4.79. The maximum atomic E-state index is 8.87. The second kappa shape index (κ2) is 6.39. The van der Waals surface area contributed by atoms with Gasteiger partial charge in [-0.3, -0.25) is 0 Å². The van der Waals surface area contributed by atoms with Gasteiger partial charge >= 0.3 is 0 Å². The van der Waals surface area contributed by atoms with Gasteiger partial charge in [0.2, 0.25) is 0 Å². The molecule has 0 aliphatic rings. The van der Waals surface area contributed by atoms with Gasteiger partial charge in [-0.1, -0.05) is 12.1 Å². The van der Waals surface area contributed by atoms with Crippen molar-refractivity contribution in [1.82, 2.24) is 10.2 Å². The molecule has 0 aromatic heterocycles. The summed E-state index contributed by atoms with van der Waals surface area (Å²) in [6.45, 7) is 5.30. The normalized spacial score (nSPS) is 14.4. The van der Waals surface area contributed by atoms with E-state index in [0.29, 0.717) is 6.04 Å². The standard InChI is InChI=1S/C14H21N3/c1-11(10-17(3)4)16-12(2)14-7-5-6-13(8-14)9-15/h5-8,11-12,16H,10H2,1-4H3. The minimum Gasteiger partial charge on any atom is -0.308 e. The zero-order valence-electron chi connectivity index (χ0n) is 11.1. The van der Waals surface area contributed by atoms with Crippen LogP contribution >= 0.6 is 0 Å². The van der Waals surface area contributed by atoms with Crippen molar-refractivity contribution in [2.24, 2.45) is 0 Å². The molecule has 0 amide bonds. The van der Waals surface area contributed by atoms with Crippen molar-refractivity contribution in [2.45, 2.75) is 25.9 Å². The number of nitrogens with zero attached hydrogens (tertiary/aromatic N) is 2. The van der Waals surface area contributed by atoms with Gasteiger partial charge in [0.25, 0.3) is 0 Å². The van der Waals surface area contributed by atoms with Crippen molar-refractivity contribution < 1.29 is 0 Å². The molecule has 17 heavy (non-hydrogen) atoms. The zero-order chi connectivity index (χ0) is 12.8. The predicted molar refractivity (Wildman–Crippen MR) is 70.7 cm³/mol. The van der Waals surface area contributed by atoms with E-state index in [4.69, 9.17) is 5.26 Å². The van der Waals surface area contributed by atoms with Gasteiger partial charge in [-0.25, -0.2) is 0 Å². The van der Waals surface area contributed by atoms with Crippen molar-refractivity contribution >= 4 is 0 Å². The number of hydrogen-bond donors (Lipinski definition) is 1. The molecule has 92 valence electrons. The van der Waals surface area contributed by atoms with Gasteiger partial charge in [0.05, 0.1) is 11.6 Å². The topological polar surface area (TPSA) is 39.1 Å². The van der Waals surface area contributed by atoms with E-state index in [1.165, 1.54) is 0 Å². The molecule has 1 aromatic rings. The van der Waals surface area contributed by atoms with Gasteiger partial charge < -0.3 is 10.2 Å². The lowest BCUT2D eigenvalue weighted by Gasteiger charge is -2.23. The highest BCUT2D eigenvalue weighted by Crippen LogP contribution is 2.14. The Morgan fingerprint density at radius 2 is 2.06 bits per heavy atom. The molecular weight excluding hydrogens is 210 g/mol. The maximum absolute atomic E-state index is 8.87. The van der Waals surface area contributed by atoms with Gasteiger partial charge in [-0.15, -0.1) is 0 Å². The van der Waals surface area contributed by atoms with Crippen LogP contribution in [0.1, 0.15) is 31.0 Å². The molecule has 2 unspecified atom stereocenters. The first-order valence-electron chi connectivity index (χ1n) is 5.93. The molecule has 0 saturated carbocycles. The van der Waals surface area contributed by atoms with Crippen LogP contribution in [0, 0.1) is 11.3 Å². The van der Waals surface area contributed by atoms with Crippen LogP contribution in [0.4, 0.5) is 0 Å². The van der Waals surface area contributed by atoms with Crippen LogP contribution in [0.25, 0.3) is 0 Å². The summed E-state index contributed by atoms with van der Waals surface area (Å²) < 4.78 is 0. The fourth-order valence-electron chi connectivity index (χ4n) is 2.00. The molecule has 0 aliphatic heterocycles. The molecule has 3 nitrogen and oxygen atoms in total. The molecule has 0 radical (unpaired) electrons. The predicted octanol–water partition coefficient (Wildman–Crippen LogP) is 2.16. The zero-order valence-corrected chi connectivity index (χ0v) is 11.1. The Kier molecular flexibility index (Phi) is 5.14. The monoisotopic (exact) mass is 231 g/mol. The van der Waals surface area contributed by atoms with E-state index in [1.807, 2.05) is 18.2 Å². The second-order valence-corrected chi connectivity index (χ2v) is 4.79. The lowest BCUT2D eigenvalue weighted by Crippen LogP contribution is -2.37. The average molecular weight is 231 g/mol. The smallest absolute Gasteiger partial charge is 0.0991 e. The molecule has 2 atom stereocenters. The summed E-state index contributed by atoms with van der Waals surface area (Å²) >= 11 is 0. The van der Waals surface area contributed by atoms with Crippen LogP contribution in [0.3, 0.4) is 0 Å². The van der Waals surface area contributed by atoms with E-state index in [0.717, 1.165) is 17.7 Å². The Labute approximate surface area is 104 Å². The first kappa shape index (κ1) is 13.7. The summed E-state index contributed by atoms with van der Waals surface area (Å²) in [6.07, 6.45) is 0. The van der Waals surface area contributed by atoms with E-state index in [-0.39, 0.29) is 6.04 Å². The third-order valence-electron chi connectivity index (χ3n) is 2.69. The molecule has 0 bridgehead atoms. The van der Waals surface area contributed by atoms with Crippen LogP contribution in [-0.4, -0.2) is 31.6 Å². The minimum absolute atomic E-state index is 0.262. The molecule has 1 N–H and O–H groups in total. The molecule has 0 spiro atoms. The van der Waals surface area contributed by atoms with Crippen LogP contribution in [0.2, 0.25) is 0 Å². The molecule has 1 rings (SSSR count). The van der Waals surface area contributed by atoms with E-state index >= 15 is 0 Å². The van der Waals surface area contributed by atoms with Crippen molar-refractivity contribution in [3.8, 4) is 6.07 Å². The van der Waals surface area contributed by atoms with Crippen molar-refractivity contribution in [1.29, 1.82) is 5.26 Å². The van der Waals surface area contributed by atoms with E-state index in [1.54, 1.807) is 0 Å². The minimum atomic E-state index is 0.262. The molecule has 1 aromatic carbocycles. The number of likely N-dealkylation sites (N-methyl/N-ethyl adjacent to an activating group) is 1. The van der Waals surface area contributed by atoms with Crippen molar-refractivity contribution in [2.75, 3.05) is 20.6 Å². The Morgan fingerprint density at radius 3 is 2.65 bits per heavy atom. The van der Waals surface area contributed by atoms with Crippen LogP contribution < -0.4 is 5.32 Å². The Bertz CT molecular complexity index is 393. The summed E-state index contributed by atoms with van der Waals surface area (Å²) in [5.74, 6) is 0. The number of rotatable bonds is 5. The molecule has 0 saturated heterocycles. The summed E-state index contributed by atoms with van der Waals surface area (Å²) in [4.78, 5) is 2.16. The molecule has 0 heterocycles. The highest BCUT2D eigenvalue weighted by atomic mass is 15.1. The highest BCUT2D eigenvalue weighted by Gasteiger charge is 2.10. The number of hydrogen-bond acceptors (Lipinski definition) is 3. The average Bonchev–Trinajstić information content (AvgIpc) is 2.27. The summed E-state index contributed by atoms with van der Waals surface area (Å²) in [6, 6.07) is 10.6. The van der Waals surface area contributed by atoms with E-state index in [9.17, 15) is 0 Å². The van der Waals surface area contributed by atoms with Gasteiger partial charge in [-0.2, -0.15) is 5.26 Å². The van der Waals surface area contributed by atoms with Crippen molar-refractivity contribution in [3.63, 3.8) is 0 Å². The number of nitrogens with one attached hydrogen (secondary N) is 1. The van der Waals surface area contributed by atoms with Gasteiger partial charge in [0.1, 0.15) is 0 Å². The lowest BCUT2D eigenvalue weighted by molar-refractivity contribution is 0.334. The molecular formula is C14H21N3. The molecule has 0 fully saturated rings. The largest absolute Gasteiger partial charge is 0.308 e. The first-order chi connectivity index (χ1) is 8.02. The van der Waals surface area contributed by atoms with Gasteiger partial charge in [0, 0.05) is 18.6 Å². The Balaban J connectivity index is 2.63. The van der Waals surface area contributed by atoms with Crippen molar-refractivity contribution in [3.05, 3.63) is 35.4 Å². The van der Waals surface area contributed by atoms with Gasteiger partial charge in [0.15, 0.2) is 0 Å². The molecule has 3 heteroatoms. The molecule has 0 aliphatic carbocycles. The fraction of sp³-hybridized carbons (Fsp3) is 0.500. The third-order valence-corrected chi connectivity index (χ3v) is 2.69. The quantitative estimate of drug-likeness (QED) is 0.844. The van der Waals surface area contributed by atoms with E-state index in [2.05, 4.69) is 50.3 Å². The van der Waals surface area contributed by atoms with Crippen LogP contribution in [-0.2, 0) is 0 Å². The Hall–Kier alpha value is -1.37. The Morgan fingerprint density at radius 1 is 1.35 bits per heavy atom. The van der Waals surface area contributed by atoms with Gasteiger partial charge in [-0.05, 0) is 45.6 Å². The fourth-order valence-corrected chi connectivity index (χ4v) is 2.00. The summed E-state index contributed by atoms with van der Waals surface area (Å²) in [7, 11) is 4.14. The van der Waals surface area contributed by atoms with E-state index < -0.39 is 0 Å². The van der Waals surface area contributed by atoms with Crippen LogP contribution in [0.5, 0.6) is 0 Å². The third kappa shape index (κ3) is 4.56. The number of benzene rings is 1. The van der Waals surface area contributed by atoms with Crippen LogP contribution in [0.15, 0.2) is 24.3 Å². The highest BCUT2D eigenvalue weighted by molar-refractivity contribution is 5.34. The maximum Gasteiger partial charge on any atom is 0.0991 e. The number of nitriles is 1. The SMILES string of the molecule is CC(CN(C)C)NC(C)c1cccc(C#N)c1. The first-order valence-corrected chi connectivity index (χ1v) is 5.93. The summed E-state index contributed by atoms with van der Waals surface area (Å²) in [5, 5.41) is 12.4. The summed E-state index contributed by atoms with van der Waals surface area (Å²) in [5.41, 5.74) is 1.88. The lowest BCUT2D eigenvalue weighted by atomic mass is 10.0.